The molecule has 0 aromatic heterocycles. The first-order chi connectivity index (χ1) is 7.75. The van der Waals surface area contributed by atoms with Crippen LogP contribution in [0.15, 0.2) is 33.7 Å². The van der Waals surface area contributed by atoms with Gasteiger partial charge in [-0.2, -0.15) is 0 Å². The van der Waals surface area contributed by atoms with Crippen molar-refractivity contribution in [3.05, 3.63) is 34.3 Å². The Kier molecular flexibility index (Phi) is 4.29. The minimum Gasteiger partial charge on any atom is -0.362 e. The molecule has 1 saturated heterocycles. The van der Waals surface area contributed by atoms with Crippen molar-refractivity contribution >= 4 is 32.9 Å². The zero-order valence-electron chi connectivity index (χ0n) is 9.24. The van der Waals surface area contributed by atoms with Gasteiger partial charge in [0.15, 0.2) is 5.17 Å². The van der Waals surface area contributed by atoms with E-state index in [0.29, 0.717) is 6.04 Å². The van der Waals surface area contributed by atoms with Crippen molar-refractivity contribution in [1.82, 2.24) is 5.32 Å². The average molecular weight is 299 g/mol. The summed E-state index contributed by atoms with van der Waals surface area (Å²) in [5.41, 5.74) is 1.23. The highest BCUT2D eigenvalue weighted by molar-refractivity contribution is 9.10. The number of nitrogens with one attached hydrogen (secondary N) is 1. The molecule has 86 valence electrons. The Balaban J connectivity index is 2.00. The van der Waals surface area contributed by atoms with E-state index in [0.717, 1.165) is 16.2 Å². The van der Waals surface area contributed by atoms with Crippen LogP contribution in [0.25, 0.3) is 0 Å². The molecule has 0 bridgehead atoms. The lowest BCUT2D eigenvalue weighted by Gasteiger charge is -2.21. The van der Waals surface area contributed by atoms with Gasteiger partial charge in [-0.25, -0.2) is 0 Å². The molecule has 1 aromatic rings. The molecule has 1 aromatic carbocycles. The minimum atomic E-state index is 0.555. The summed E-state index contributed by atoms with van der Waals surface area (Å²) in [6, 6.07) is 8.78. The summed E-state index contributed by atoms with van der Waals surface area (Å²) in [4.78, 5) is 4.60. The summed E-state index contributed by atoms with van der Waals surface area (Å²) in [7, 11) is 0. The predicted molar refractivity (Wildman–Crippen MR) is 75.0 cm³/mol. The summed E-state index contributed by atoms with van der Waals surface area (Å²) in [5, 5.41) is 4.48. The van der Waals surface area contributed by atoms with Crippen molar-refractivity contribution in [1.29, 1.82) is 0 Å². The van der Waals surface area contributed by atoms with Gasteiger partial charge in [0.2, 0.25) is 0 Å². The SMILES string of the molecule is CC1CCSC(=NCc2ccccc2Br)N1. The Labute approximate surface area is 109 Å². The molecule has 2 nitrogen and oxygen atoms in total. The molecular formula is C12H15BrN2S. The first-order valence-corrected chi connectivity index (χ1v) is 7.21. The van der Waals surface area contributed by atoms with E-state index < -0.39 is 0 Å². The van der Waals surface area contributed by atoms with E-state index in [4.69, 9.17) is 0 Å². The lowest BCUT2D eigenvalue weighted by molar-refractivity contribution is 0.642. The van der Waals surface area contributed by atoms with Crippen LogP contribution in [-0.4, -0.2) is 17.0 Å². The van der Waals surface area contributed by atoms with Crippen LogP contribution in [0.3, 0.4) is 0 Å². The van der Waals surface area contributed by atoms with Crippen LogP contribution in [0.2, 0.25) is 0 Å². The molecule has 1 unspecified atom stereocenters. The van der Waals surface area contributed by atoms with Crippen LogP contribution in [-0.2, 0) is 6.54 Å². The van der Waals surface area contributed by atoms with Gasteiger partial charge in [0.05, 0.1) is 6.54 Å². The van der Waals surface area contributed by atoms with Gasteiger partial charge in [0, 0.05) is 16.3 Å². The van der Waals surface area contributed by atoms with Crippen molar-refractivity contribution in [3.8, 4) is 0 Å². The van der Waals surface area contributed by atoms with E-state index in [1.54, 1.807) is 0 Å². The van der Waals surface area contributed by atoms with E-state index in [1.807, 2.05) is 23.9 Å². The monoisotopic (exact) mass is 298 g/mol. The highest BCUT2D eigenvalue weighted by Crippen LogP contribution is 2.18. The fourth-order valence-corrected chi connectivity index (χ4v) is 3.05. The van der Waals surface area contributed by atoms with Crippen molar-refractivity contribution in [3.63, 3.8) is 0 Å². The molecule has 1 N–H and O–H groups in total. The maximum atomic E-state index is 4.60. The number of halogens is 1. The number of aliphatic imine (C=N–C) groups is 1. The average Bonchev–Trinajstić information content (AvgIpc) is 2.28. The topological polar surface area (TPSA) is 24.4 Å². The molecule has 1 aliphatic heterocycles. The molecule has 16 heavy (non-hydrogen) atoms. The third-order valence-corrected chi connectivity index (χ3v) is 4.24. The second-order valence-electron chi connectivity index (χ2n) is 3.90. The summed E-state index contributed by atoms with van der Waals surface area (Å²) >= 11 is 5.35. The van der Waals surface area contributed by atoms with E-state index in [1.165, 1.54) is 17.7 Å². The molecule has 0 saturated carbocycles. The van der Waals surface area contributed by atoms with E-state index in [9.17, 15) is 0 Å². The number of thioether (sulfide) groups is 1. The van der Waals surface area contributed by atoms with Gasteiger partial charge in [-0.1, -0.05) is 45.9 Å². The first kappa shape index (κ1) is 12.0. The second-order valence-corrected chi connectivity index (χ2v) is 5.83. The van der Waals surface area contributed by atoms with Gasteiger partial charge in [-0.15, -0.1) is 0 Å². The number of benzene rings is 1. The number of hydrogen-bond donors (Lipinski definition) is 1. The number of nitrogens with zero attached hydrogens (tertiary/aromatic N) is 1. The fraction of sp³-hybridized carbons (Fsp3) is 0.417. The molecule has 0 amide bonds. The Bertz CT molecular complexity index is 392. The van der Waals surface area contributed by atoms with E-state index >= 15 is 0 Å². The van der Waals surface area contributed by atoms with Crippen LogP contribution in [0.1, 0.15) is 18.9 Å². The second kappa shape index (κ2) is 5.73. The van der Waals surface area contributed by atoms with Gasteiger partial charge >= 0.3 is 0 Å². The van der Waals surface area contributed by atoms with Crippen LogP contribution in [0.5, 0.6) is 0 Å². The Morgan fingerprint density at radius 1 is 1.50 bits per heavy atom. The van der Waals surface area contributed by atoms with E-state index in [2.05, 4.69) is 45.3 Å². The number of rotatable bonds is 2. The maximum absolute atomic E-state index is 4.60. The highest BCUT2D eigenvalue weighted by atomic mass is 79.9. The van der Waals surface area contributed by atoms with Gasteiger partial charge in [-0.3, -0.25) is 4.99 Å². The van der Waals surface area contributed by atoms with Crippen LogP contribution >= 0.6 is 27.7 Å². The van der Waals surface area contributed by atoms with Gasteiger partial charge < -0.3 is 5.32 Å². The lowest BCUT2D eigenvalue weighted by Crippen LogP contribution is -2.35. The summed E-state index contributed by atoms with van der Waals surface area (Å²) in [5.74, 6) is 1.17. The van der Waals surface area contributed by atoms with Crippen molar-refractivity contribution in [2.24, 2.45) is 4.99 Å². The number of hydrogen-bond acceptors (Lipinski definition) is 2. The van der Waals surface area contributed by atoms with Gasteiger partial charge in [0.25, 0.3) is 0 Å². The van der Waals surface area contributed by atoms with Crippen LogP contribution < -0.4 is 5.32 Å². The quantitative estimate of drug-likeness (QED) is 0.905. The van der Waals surface area contributed by atoms with Gasteiger partial charge in [-0.05, 0) is 25.0 Å². The normalized spacial score (nSPS) is 23.1. The molecular weight excluding hydrogens is 284 g/mol. The molecule has 0 aliphatic carbocycles. The van der Waals surface area contributed by atoms with E-state index in [-0.39, 0.29) is 0 Å². The van der Waals surface area contributed by atoms with Crippen LogP contribution in [0, 0.1) is 0 Å². The summed E-state index contributed by atoms with van der Waals surface area (Å²) < 4.78 is 1.13. The highest BCUT2D eigenvalue weighted by Gasteiger charge is 2.12. The first-order valence-electron chi connectivity index (χ1n) is 5.43. The summed E-state index contributed by atoms with van der Waals surface area (Å²) in [6.45, 7) is 2.94. The Morgan fingerprint density at radius 3 is 3.06 bits per heavy atom. The zero-order chi connectivity index (χ0) is 11.4. The lowest BCUT2D eigenvalue weighted by atomic mass is 10.2. The summed E-state index contributed by atoms with van der Waals surface area (Å²) in [6.07, 6.45) is 1.22. The minimum absolute atomic E-state index is 0.555. The van der Waals surface area contributed by atoms with Crippen LogP contribution in [0.4, 0.5) is 0 Å². The number of amidine groups is 1. The largest absolute Gasteiger partial charge is 0.362 e. The zero-order valence-corrected chi connectivity index (χ0v) is 11.6. The smallest absolute Gasteiger partial charge is 0.157 e. The third kappa shape index (κ3) is 3.25. The molecule has 1 heterocycles. The molecule has 2 rings (SSSR count). The standard InChI is InChI=1S/C12H15BrN2S/c1-9-6-7-16-12(15-9)14-8-10-4-2-3-5-11(10)13/h2-5,9H,6-8H2,1H3,(H,14,15). The third-order valence-electron chi connectivity index (χ3n) is 2.51. The molecule has 1 aliphatic rings. The van der Waals surface area contributed by atoms with Crippen molar-refractivity contribution in [2.75, 3.05) is 5.75 Å². The van der Waals surface area contributed by atoms with Crippen molar-refractivity contribution in [2.45, 2.75) is 25.9 Å². The Morgan fingerprint density at radius 2 is 2.31 bits per heavy atom. The Hall–Kier alpha value is -0.480. The van der Waals surface area contributed by atoms with Gasteiger partial charge in [0.1, 0.15) is 0 Å². The fourth-order valence-electron chi connectivity index (χ4n) is 1.53. The molecule has 4 heteroatoms. The molecule has 0 radical (unpaired) electrons. The molecule has 1 atom stereocenters. The predicted octanol–water partition coefficient (Wildman–Crippen LogP) is 3.42. The molecule has 1 fully saturated rings. The molecule has 0 spiro atoms. The van der Waals surface area contributed by atoms with Crippen molar-refractivity contribution < 1.29 is 0 Å². The maximum Gasteiger partial charge on any atom is 0.157 e.